The first-order valence-electron chi connectivity index (χ1n) is 7.40. The molecule has 0 bridgehead atoms. The third kappa shape index (κ3) is 2.93. The van der Waals surface area contributed by atoms with E-state index in [1.165, 1.54) is 0 Å². The monoisotopic (exact) mass is 288 g/mol. The minimum absolute atomic E-state index is 0.154. The second-order valence-corrected chi connectivity index (χ2v) is 5.71. The van der Waals surface area contributed by atoms with E-state index in [2.05, 4.69) is 11.2 Å². The van der Waals surface area contributed by atoms with E-state index in [9.17, 15) is 4.79 Å². The van der Waals surface area contributed by atoms with Gasteiger partial charge in [-0.2, -0.15) is 5.10 Å². The smallest absolute Gasteiger partial charge is 0.306 e. The molecule has 0 saturated heterocycles. The Morgan fingerprint density at radius 1 is 1.33 bits per heavy atom. The van der Waals surface area contributed by atoms with E-state index in [0.29, 0.717) is 19.4 Å². The maximum atomic E-state index is 10.9. The van der Waals surface area contributed by atoms with Crippen molar-refractivity contribution in [3.8, 4) is 0 Å². The number of aromatic nitrogens is 2. The number of carbonyl (C=O) groups is 1. The molecule has 1 fully saturated rings. The zero-order valence-corrected chi connectivity index (χ0v) is 12.2. The predicted octanol–water partition coefficient (Wildman–Crippen LogP) is 2.73. The summed E-state index contributed by atoms with van der Waals surface area (Å²) in [6, 6.07) is 8.11. The molecule has 0 amide bonds. The molecule has 0 radical (unpaired) electrons. The third-order valence-corrected chi connectivity index (χ3v) is 4.31. The molecule has 1 saturated carbocycles. The Bertz CT molecular complexity index is 642. The zero-order chi connectivity index (χ0) is 14.8. The van der Waals surface area contributed by atoms with Crippen LogP contribution in [0.15, 0.2) is 24.3 Å². The highest BCUT2D eigenvalue weighted by Gasteiger charge is 2.26. The van der Waals surface area contributed by atoms with Crippen LogP contribution in [0.5, 0.6) is 0 Å². The minimum Gasteiger partial charge on any atom is -0.481 e. The van der Waals surface area contributed by atoms with Crippen LogP contribution in [0.4, 0.5) is 0 Å². The summed E-state index contributed by atoms with van der Waals surface area (Å²) in [5.41, 5.74) is 2.05. The lowest BCUT2D eigenvalue weighted by Gasteiger charge is -2.25. The van der Waals surface area contributed by atoms with Gasteiger partial charge in [0.2, 0.25) is 0 Å². The van der Waals surface area contributed by atoms with Crippen LogP contribution in [-0.4, -0.2) is 27.0 Å². The van der Waals surface area contributed by atoms with E-state index in [0.717, 1.165) is 29.4 Å². The molecule has 21 heavy (non-hydrogen) atoms. The molecule has 2 aromatic rings. The molecule has 0 unspecified atom stereocenters. The van der Waals surface area contributed by atoms with E-state index in [-0.39, 0.29) is 12.0 Å². The van der Waals surface area contributed by atoms with Gasteiger partial charge in [0.15, 0.2) is 0 Å². The Balaban J connectivity index is 1.61. The molecular weight excluding hydrogens is 268 g/mol. The number of rotatable bonds is 4. The van der Waals surface area contributed by atoms with Crippen molar-refractivity contribution >= 4 is 16.9 Å². The lowest BCUT2D eigenvalue weighted by molar-refractivity contribution is -0.143. The number of para-hydroxylation sites is 1. The summed E-state index contributed by atoms with van der Waals surface area (Å²) in [5.74, 6) is -0.871. The van der Waals surface area contributed by atoms with E-state index in [4.69, 9.17) is 9.84 Å². The third-order valence-electron chi connectivity index (χ3n) is 4.31. The number of hydrogen-bond donors (Lipinski definition) is 1. The van der Waals surface area contributed by atoms with Gasteiger partial charge < -0.3 is 9.84 Å². The van der Waals surface area contributed by atoms with Gasteiger partial charge in [0.05, 0.1) is 29.8 Å². The van der Waals surface area contributed by atoms with Gasteiger partial charge in [0.1, 0.15) is 0 Å². The van der Waals surface area contributed by atoms with Crippen LogP contribution in [0.3, 0.4) is 0 Å². The van der Waals surface area contributed by atoms with Crippen molar-refractivity contribution in [2.45, 2.75) is 38.4 Å². The second kappa shape index (κ2) is 5.85. The Kier molecular flexibility index (Phi) is 3.92. The van der Waals surface area contributed by atoms with Crippen molar-refractivity contribution in [1.29, 1.82) is 0 Å². The molecule has 5 heteroatoms. The molecule has 1 aromatic heterocycles. The normalized spacial score (nSPS) is 22.5. The summed E-state index contributed by atoms with van der Waals surface area (Å²) in [7, 11) is 1.93. The lowest BCUT2D eigenvalue weighted by Crippen LogP contribution is -2.26. The average Bonchev–Trinajstić information content (AvgIpc) is 2.83. The van der Waals surface area contributed by atoms with Crippen molar-refractivity contribution in [2.24, 2.45) is 13.0 Å². The predicted molar refractivity (Wildman–Crippen MR) is 78.9 cm³/mol. The lowest BCUT2D eigenvalue weighted by atomic mass is 9.87. The van der Waals surface area contributed by atoms with Crippen LogP contribution in [0.1, 0.15) is 31.4 Å². The number of hydrogen-bond acceptors (Lipinski definition) is 3. The maximum absolute atomic E-state index is 10.9. The van der Waals surface area contributed by atoms with Gasteiger partial charge in [-0.3, -0.25) is 9.48 Å². The first kappa shape index (κ1) is 14.1. The molecule has 1 heterocycles. The van der Waals surface area contributed by atoms with Crippen LogP contribution < -0.4 is 0 Å². The SMILES string of the molecule is Cn1nc(COC2CCC(C(=O)O)CC2)c2ccccc21. The molecule has 0 aliphatic heterocycles. The van der Waals surface area contributed by atoms with Gasteiger partial charge in [0.25, 0.3) is 0 Å². The first-order chi connectivity index (χ1) is 10.1. The summed E-state index contributed by atoms with van der Waals surface area (Å²) in [5, 5.41) is 14.6. The summed E-state index contributed by atoms with van der Waals surface area (Å²) in [4.78, 5) is 10.9. The van der Waals surface area contributed by atoms with Gasteiger partial charge in [-0.15, -0.1) is 0 Å². The number of ether oxygens (including phenoxy) is 1. The summed E-state index contributed by atoms with van der Waals surface area (Å²) < 4.78 is 7.82. The fourth-order valence-electron chi connectivity index (χ4n) is 3.07. The molecule has 1 aromatic carbocycles. The molecule has 0 spiro atoms. The van der Waals surface area contributed by atoms with Crippen LogP contribution in [0, 0.1) is 5.92 Å². The quantitative estimate of drug-likeness (QED) is 0.939. The van der Waals surface area contributed by atoms with E-state index in [1.807, 2.05) is 29.9 Å². The van der Waals surface area contributed by atoms with Crippen molar-refractivity contribution in [3.63, 3.8) is 0 Å². The summed E-state index contributed by atoms with van der Waals surface area (Å²) in [6.45, 7) is 0.490. The van der Waals surface area contributed by atoms with Crippen molar-refractivity contribution in [3.05, 3.63) is 30.0 Å². The molecule has 1 N–H and O–H groups in total. The summed E-state index contributed by atoms with van der Waals surface area (Å²) in [6.07, 6.45) is 3.22. The average molecular weight is 288 g/mol. The van der Waals surface area contributed by atoms with Gasteiger partial charge in [-0.1, -0.05) is 18.2 Å². The van der Waals surface area contributed by atoms with E-state index in [1.54, 1.807) is 0 Å². The zero-order valence-electron chi connectivity index (χ0n) is 12.2. The number of aliphatic carboxylic acids is 1. The largest absolute Gasteiger partial charge is 0.481 e. The number of carboxylic acids is 1. The number of carboxylic acid groups (broad SMARTS) is 1. The van der Waals surface area contributed by atoms with Crippen LogP contribution >= 0.6 is 0 Å². The van der Waals surface area contributed by atoms with Crippen LogP contribution in [0.2, 0.25) is 0 Å². The van der Waals surface area contributed by atoms with Crippen molar-refractivity contribution < 1.29 is 14.6 Å². The van der Waals surface area contributed by atoms with Crippen LogP contribution in [0.25, 0.3) is 10.9 Å². The molecule has 5 nitrogen and oxygen atoms in total. The van der Waals surface area contributed by atoms with Crippen molar-refractivity contribution in [1.82, 2.24) is 9.78 Å². The Morgan fingerprint density at radius 2 is 2.05 bits per heavy atom. The van der Waals surface area contributed by atoms with Gasteiger partial charge in [-0.05, 0) is 31.7 Å². The van der Waals surface area contributed by atoms with Gasteiger partial charge in [0, 0.05) is 12.4 Å². The number of fused-ring (bicyclic) bond motifs is 1. The fraction of sp³-hybridized carbons (Fsp3) is 0.500. The number of nitrogens with zero attached hydrogens (tertiary/aromatic N) is 2. The minimum atomic E-state index is -0.677. The van der Waals surface area contributed by atoms with Gasteiger partial charge in [-0.25, -0.2) is 0 Å². The van der Waals surface area contributed by atoms with Gasteiger partial charge >= 0.3 is 5.97 Å². The summed E-state index contributed by atoms with van der Waals surface area (Å²) >= 11 is 0. The highest BCUT2D eigenvalue weighted by atomic mass is 16.5. The molecule has 1 aliphatic carbocycles. The topological polar surface area (TPSA) is 64.4 Å². The molecular formula is C16H20N2O3. The molecule has 0 atom stereocenters. The Morgan fingerprint density at radius 3 is 2.76 bits per heavy atom. The molecule has 1 aliphatic rings. The van der Waals surface area contributed by atoms with E-state index >= 15 is 0 Å². The molecule has 112 valence electrons. The van der Waals surface area contributed by atoms with Crippen molar-refractivity contribution in [2.75, 3.05) is 0 Å². The Hall–Kier alpha value is -1.88. The highest BCUT2D eigenvalue weighted by Crippen LogP contribution is 2.27. The standard InChI is InChI=1S/C16H20N2O3/c1-18-15-5-3-2-4-13(15)14(17-18)10-21-12-8-6-11(7-9-12)16(19)20/h2-5,11-12H,6-10H2,1H3,(H,19,20). The number of aryl methyl sites for hydroxylation is 1. The maximum Gasteiger partial charge on any atom is 0.306 e. The second-order valence-electron chi connectivity index (χ2n) is 5.71. The Labute approximate surface area is 123 Å². The number of benzene rings is 1. The van der Waals surface area contributed by atoms with Crippen LogP contribution in [-0.2, 0) is 23.2 Å². The highest BCUT2D eigenvalue weighted by molar-refractivity contribution is 5.81. The fourth-order valence-corrected chi connectivity index (χ4v) is 3.07. The first-order valence-corrected chi connectivity index (χ1v) is 7.40. The molecule has 3 rings (SSSR count). The van der Waals surface area contributed by atoms with E-state index < -0.39 is 5.97 Å².